The minimum Gasteiger partial charge on any atom is -0.370 e. The molecule has 136 valence electrons. The lowest BCUT2D eigenvalue weighted by atomic mass is 9.79. The number of thiophene rings is 1. The van der Waals surface area contributed by atoms with Gasteiger partial charge in [0.05, 0.1) is 18.4 Å². The number of piperidine rings is 1. The third-order valence-corrected chi connectivity index (χ3v) is 7.00. The Morgan fingerprint density at radius 3 is 3.04 bits per heavy atom. The minimum atomic E-state index is -0.0407. The van der Waals surface area contributed by atoms with Crippen LogP contribution in [-0.4, -0.2) is 33.9 Å². The molecule has 4 nitrogen and oxygen atoms in total. The lowest BCUT2D eigenvalue weighted by molar-refractivity contribution is -0.112. The van der Waals surface area contributed by atoms with Crippen molar-refractivity contribution in [3.05, 3.63) is 39.3 Å². The van der Waals surface area contributed by atoms with E-state index < -0.39 is 0 Å². The van der Waals surface area contributed by atoms with Crippen molar-refractivity contribution in [2.45, 2.75) is 64.1 Å². The van der Waals surface area contributed by atoms with Crippen LogP contribution >= 0.6 is 11.3 Å². The molecule has 4 rings (SSSR count). The van der Waals surface area contributed by atoms with Gasteiger partial charge < -0.3 is 4.74 Å². The molecule has 0 saturated carbocycles. The first kappa shape index (κ1) is 17.3. The van der Waals surface area contributed by atoms with Crippen LogP contribution in [0.25, 0.3) is 0 Å². The number of aryl methyl sites for hydroxylation is 2. The Morgan fingerprint density at radius 1 is 1.44 bits per heavy atom. The highest BCUT2D eigenvalue weighted by Gasteiger charge is 2.44. The number of rotatable bonds is 4. The molecule has 0 bridgehead atoms. The highest BCUT2D eigenvalue weighted by atomic mass is 32.1. The van der Waals surface area contributed by atoms with E-state index in [2.05, 4.69) is 36.1 Å². The molecule has 1 spiro atoms. The third-order valence-electron chi connectivity index (χ3n) is 5.75. The summed E-state index contributed by atoms with van der Waals surface area (Å²) in [7, 11) is 1.99. The first-order valence-electron chi connectivity index (χ1n) is 9.57. The summed E-state index contributed by atoms with van der Waals surface area (Å²) < 4.78 is 8.35. The largest absolute Gasteiger partial charge is 0.370 e. The molecular weight excluding hydrogens is 330 g/mol. The molecule has 1 saturated heterocycles. The fraction of sp³-hybridized carbons (Fsp3) is 0.650. The van der Waals surface area contributed by atoms with Crippen molar-refractivity contribution in [3.8, 4) is 0 Å². The number of ether oxygens (including phenoxy) is 1. The maximum Gasteiger partial charge on any atom is 0.0969 e. The average Bonchev–Trinajstić information content (AvgIpc) is 3.18. The maximum atomic E-state index is 6.46. The zero-order chi connectivity index (χ0) is 17.4. The standard InChI is InChI=1S/C20H29N3OS/c1-4-5-17-10-18-19(25-17)6-9-24-20(18)7-8-23(15(2)11-20)14-16-12-21-22(3)13-16/h10,12-13,15H,4-9,11,14H2,1-3H3/t15-,20+/m0/s1. The number of hydrogen-bond donors (Lipinski definition) is 0. The fourth-order valence-corrected chi connectivity index (χ4v) is 5.83. The van der Waals surface area contributed by atoms with Crippen LogP contribution in [0.4, 0.5) is 0 Å². The monoisotopic (exact) mass is 359 g/mol. The zero-order valence-corrected chi connectivity index (χ0v) is 16.4. The molecule has 5 heteroatoms. The van der Waals surface area contributed by atoms with Gasteiger partial charge in [0, 0.05) is 54.1 Å². The number of hydrogen-bond acceptors (Lipinski definition) is 4. The maximum absolute atomic E-state index is 6.46. The highest BCUT2D eigenvalue weighted by molar-refractivity contribution is 7.12. The quantitative estimate of drug-likeness (QED) is 0.830. The van der Waals surface area contributed by atoms with E-state index in [1.165, 1.54) is 24.0 Å². The van der Waals surface area contributed by atoms with E-state index >= 15 is 0 Å². The van der Waals surface area contributed by atoms with Gasteiger partial charge in [-0.1, -0.05) is 13.3 Å². The molecule has 0 radical (unpaired) electrons. The average molecular weight is 360 g/mol. The van der Waals surface area contributed by atoms with Gasteiger partial charge in [0.1, 0.15) is 0 Å². The summed E-state index contributed by atoms with van der Waals surface area (Å²) in [5, 5.41) is 4.31. The van der Waals surface area contributed by atoms with Crippen LogP contribution in [0.3, 0.4) is 0 Å². The Kier molecular flexibility index (Phi) is 4.73. The molecule has 0 N–H and O–H groups in total. The van der Waals surface area contributed by atoms with Crippen molar-refractivity contribution in [3.63, 3.8) is 0 Å². The van der Waals surface area contributed by atoms with Gasteiger partial charge in [0.2, 0.25) is 0 Å². The molecule has 2 aliphatic rings. The van der Waals surface area contributed by atoms with E-state index in [0.29, 0.717) is 6.04 Å². The summed E-state index contributed by atoms with van der Waals surface area (Å²) >= 11 is 2.03. The number of nitrogens with zero attached hydrogens (tertiary/aromatic N) is 3. The number of fused-ring (bicyclic) bond motifs is 2. The lowest BCUT2D eigenvalue weighted by Crippen LogP contribution is -2.50. The van der Waals surface area contributed by atoms with Crippen LogP contribution in [0.1, 0.15) is 54.0 Å². The van der Waals surface area contributed by atoms with Crippen LogP contribution < -0.4 is 0 Å². The van der Waals surface area contributed by atoms with Gasteiger partial charge in [0.25, 0.3) is 0 Å². The molecule has 2 aliphatic heterocycles. The summed E-state index contributed by atoms with van der Waals surface area (Å²) in [6.45, 7) is 7.59. The normalized spacial score (nSPS) is 26.9. The van der Waals surface area contributed by atoms with E-state index in [9.17, 15) is 0 Å². The van der Waals surface area contributed by atoms with Crippen molar-refractivity contribution in [1.82, 2.24) is 14.7 Å². The van der Waals surface area contributed by atoms with Crippen LogP contribution in [0.15, 0.2) is 18.5 Å². The molecular formula is C20H29N3OS. The van der Waals surface area contributed by atoms with E-state index in [1.54, 1.807) is 9.75 Å². The predicted molar refractivity (Wildman–Crippen MR) is 102 cm³/mol. The van der Waals surface area contributed by atoms with Gasteiger partial charge >= 0.3 is 0 Å². The van der Waals surface area contributed by atoms with Crippen LogP contribution in [0, 0.1) is 0 Å². The summed E-state index contributed by atoms with van der Waals surface area (Å²) in [6, 6.07) is 2.99. The molecule has 25 heavy (non-hydrogen) atoms. The van der Waals surface area contributed by atoms with Crippen molar-refractivity contribution in [2.24, 2.45) is 7.05 Å². The number of aromatic nitrogens is 2. The smallest absolute Gasteiger partial charge is 0.0969 e. The van der Waals surface area contributed by atoms with E-state index in [1.807, 2.05) is 29.3 Å². The Bertz CT molecular complexity index is 737. The molecule has 0 unspecified atom stereocenters. The zero-order valence-electron chi connectivity index (χ0n) is 15.6. The summed E-state index contributed by atoms with van der Waals surface area (Å²) in [5.41, 5.74) is 2.78. The molecule has 2 aromatic rings. The fourth-order valence-electron chi connectivity index (χ4n) is 4.49. The molecule has 1 fully saturated rings. The Hall–Kier alpha value is -1.17. The molecule has 2 atom stereocenters. The molecule has 0 aromatic carbocycles. The SMILES string of the molecule is CCCc1cc2c(s1)CCO[C@@]21CCN(Cc2cnn(C)c2)[C@@H](C)C1. The van der Waals surface area contributed by atoms with Gasteiger partial charge in [-0.05, 0) is 37.8 Å². The number of likely N-dealkylation sites (tertiary alicyclic amines) is 1. The van der Waals surface area contributed by atoms with Crippen molar-refractivity contribution >= 4 is 11.3 Å². The molecule has 2 aromatic heterocycles. The Morgan fingerprint density at radius 2 is 2.32 bits per heavy atom. The second kappa shape index (κ2) is 6.86. The van der Waals surface area contributed by atoms with Crippen LogP contribution in [0.5, 0.6) is 0 Å². The summed E-state index contributed by atoms with van der Waals surface area (Å²) in [5.74, 6) is 0. The molecule has 0 aliphatic carbocycles. The lowest BCUT2D eigenvalue weighted by Gasteiger charge is -2.47. The van der Waals surface area contributed by atoms with Crippen LogP contribution in [-0.2, 0) is 36.8 Å². The van der Waals surface area contributed by atoms with Gasteiger partial charge in [-0.15, -0.1) is 11.3 Å². The van der Waals surface area contributed by atoms with E-state index in [0.717, 1.165) is 39.0 Å². The summed E-state index contributed by atoms with van der Waals surface area (Å²) in [6.07, 6.45) is 9.85. The Balaban J connectivity index is 1.52. The highest BCUT2D eigenvalue weighted by Crippen LogP contribution is 2.46. The second-order valence-corrected chi connectivity index (χ2v) is 8.91. The van der Waals surface area contributed by atoms with Gasteiger partial charge in [-0.2, -0.15) is 5.10 Å². The summed E-state index contributed by atoms with van der Waals surface area (Å²) in [4.78, 5) is 5.71. The van der Waals surface area contributed by atoms with Gasteiger partial charge in [0.15, 0.2) is 0 Å². The van der Waals surface area contributed by atoms with E-state index in [-0.39, 0.29) is 5.60 Å². The second-order valence-electron chi connectivity index (χ2n) is 7.69. The van der Waals surface area contributed by atoms with Crippen LogP contribution in [0.2, 0.25) is 0 Å². The van der Waals surface area contributed by atoms with Crippen molar-refractivity contribution in [1.29, 1.82) is 0 Å². The topological polar surface area (TPSA) is 30.3 Å². The Labute approximate surface area is 154 Å². The van der Waals surface area contributed by atoms with Gasteiger partial charge in [-0.3, -0.25) is 9.58 Å². The first-order valence-corrected chi connectivity index (χ1v) is 10.4. The molecule has 0 amide bonds. The van der Waals surface area contributed by atoms with Crippen molar-refractivity contribution < 1.29 is 4.74 Å². The first-order chi connectivity index (χ1) is 12.1. The minimum absolute atomic E-state index is 0.0407. The third kappa shape index (κ3) is 3.29. The van der Waals surface area contributed by atoms with Gasteiger partial charge in [-0.25, -0.2) is 0 Å². The predicted octanol–water partition coefficient (Wildman–Crippen LogP) is 3.89. The molecule has 4 heterocycles. The van der Waals surface area contributed by atoms with E-state index in [4.69, 9.17) is 4.74 Å². The van der Waals surface area contributed by atoms with Crippen molar-refractivity contribution in [2.75, 3.05) is 13.2 Å².